The number of carbonyl (C=O) groups is 1. The van der Waals surface area contributed by atoms with Gasteiger partial charge >= 0.3 is 5.97 Å². The third-order valence-electron chi connectivity index (χ3n) is 2.22. The predicted molar refractivity (Wildman–Crippen MR) is 63.5 cm³/mol. The zero-order chi connectivity index (χ0) is 13.7. The Morgan fingerprint density at radius 3 is 2.78 bits per heavy atom. The van der Waals surface area contributed by atoms with E-state index in [1.165, 1.54) is 6.07 Å². The highest BCUT2D eigenvalue weighted by molar-refractivity contribution is 6.17. The Hall–Kier alpha value is -1.43. The van der Waals surface area contributed by atoms with Crippen LogP contribution in [0.2, 0.25) is 0 Å². The van der Waals surface area contributed by atoms with Gasteiger partial charge in [0.15, 0.2) is 0 Å². The Morgan fingerprint density at radius 2 is 2.28 bits per heavy atom. The summed E-state index contributed by atoms with van der Waals surface area (Å²) in [6.45, 7) is 1.87. The van der Waals surface area contributed by atoms with Crippen LogP contribution in [0.1, 0.15) is 30.3 Å². The smallest absolute Gasteiger partial charge is 0.311 e. The van der Waals surface area contributed by atoms with Crippen molar-refractivity contribution in [3.63, 3.8) is 0 Å². The summed E-state index contributed by atoms with van der Waals surface area (Å²) >= 11 is 5.66. The van der Waals surface area contributed by atoms with E-state index in [0.717, 1.165) is 0 Å². The Labute approximate surface area is 108 Å². The lowest BCUT2D eigenvalue weighted by molar-refractivity contribution is -0.142. The van der Waals surface area contributed by atoms with E-state index >= 15 is 0 Å². The van der Waals surface area contributed by atoms with E-state index in [0.29, 0.717) is 5.56 Å². The molecule has 0 aromatic carbocycles. The van der Waals surface area contributed by atoms with E-state index < -0.39 is 18.1 Å². The van der Waals surface area contributed by atoms with E-state index in [1.54, 1.807) is 6.92 Å². The molecule has 1 rings (SSSR count). The number of anilines is 1. The van der Waals surface area contributed by atoms with E-state index in [9.17, 15) is 13.6 Å². The highest BCUT2D eigenvalue weighted by Gasteiger charge is 2.18. The average molecular weight is 279 g/mol. The quantitative estimate of drug-likeness (QED) is 0.664. The standard InChI is InChI=1S/C11H13ClF2N2O2/c1-2-18-9(17)4-8-6(5-12)3-7(15)10(16-8)11(13)14/h3,11H,2,4-5,15H2,1H3. The number of ether oxygens (including phenoxy) is 1. The lowest BCUT2D eigenvalue weighted by Gasteiger charge is -2.11. The molecule has 4 nitrogen and oxygen atoms in total. The van der Waals surface area contributed by atoms with Gasteiger partial charge in [0.05, 0.1) is 24.4 Å². The Kier molecular flexibility index (Phi) is 5.27. The number of rotatable bonds is 5. The maximum atomic E-state index is 12.6. The second-order valence-corrected chi connectivity index (χ2v) is 3.75. The number of nitrogen functional groups attached to an aromatic ring is 1. The van der Waals surface area contributed by atoms with Crippen molar-refractivity contribution in [3.05, 3.63) is 23.0 Å². The van der Waals surface area contributed by atoms with Gasteiger partial charge in [0.25, 0.3) is 6.43 Å². The Morgan fingerprint density at radius 1 is 1.61 bits per heavy atom. The van der Waals surface area contributed by atoms with Crippen molar-refractivity contribution < 1.29 is 18.3 Å². The summed E-state index contributed by atoms with van der Waals surface area (Å²) < 4.78 is 30.0. The maximum Gasteiger partial charge on any atom is 0.311 e. The fourth-order valence-corrected chi connectivity index (χ4v) is 1.65. The molecular weight excluding hydrogens is 266 g/mol. The number of aromatic nitrogens is 1. The molecule has 0 aliphatic carbocycles. The largest absolute Gasteiger partial charge is 0.466 e. The number of hydrogen-bond acceptors (Lipinski definition) is 4. The van der Waals surface area contributed by atoms with E-state index in [1.807, 2.05) is 0 Å². The van der Waals surface area contributed by atoms with Gasteiger partial charge in [0.2, 0.25) is 0 Å². The topological polar surface area (TPSA) is 65.2 Å². The van der Waals surface area contributed by atoms with Crippen LogP contribution in [0.5, 0.6) is 0 Å². The molecule has 0 bridgehead atoms. The third-order valence-corrected chi connectivity index (χ3v) is 2.51. The van der Waals surface area contributed by atoms with Crippen LogP contribution in [-0.2, 0) is 21.8 Å². The van der Waals surface area contributed by atoms with Crippen molar-refractivity contribution in [2.75, 3.05) is 12.3 Å². The Balaban J connectivity index is 3.08. The molecule has 0 radical (unpaired) electrons. The summed E-state index contributed by atoms with van der Waals surface area (Å²) in [5.41, 5.74) is 5.39. The molecule has 0 aliphatic heterocycles. The minimum atomic E-state index is -2.80. The fourth-order valence-electron chi connectivity index (χ4n) is 1.42. The average Bonchev–Trinajstić information content (AvgIpc) is 2.30. The molecule has 1 aromatic rings. The van der Waals surface area contributed by atoms with Crippen molar-refractivity contribution >= 4 is 23.3 Å². The zero-order valence-corrected chi connectivity index (χ0v) is 10.5. The predicted octanol–water partition coefficient (Wildman–Crippen LogP) is 2.45. The second kappa shape index (κ2) is 6.49. The first-order chi connectivity index (χ1) is 8.49. The first-order valence-corrected chi connectivity index (χ1v) is 5.80. The van der Waals surface area contributed by atoms with Gasteiger partial charge in [-0.2, -0.15) is 0 Å². The number of nitrogens with two attached hydrogens (primary N) is 1. The molecule has 1 heterocycles. The number of hydrogen-bond donors (Lipinski definition) is 1. The van der Waals surface area contributed by atoms with Crippen molar-refractivity contribution in [2.24, 2.45) is 0 Å². The van der Waals surface area contributed by atoms with Gasteiger partial charge in [-0.05, 0) is 18.6 Å². The number of halogens is 3. The summed E-state index contributed by atoms with van der Waals surface area (Å²) in [6.07, 6.45) is -2.99. The number of esters is 1. The summed E-state index contributed by atoms with van der Waals surface area (Å²) in [6, 6.07) is 1.32. The summed E-state index contributed by atoms with van der Waals surface area (Å²) in [7, 11) is 0. The van der Waals surface area contributed by atoms with Gasteiger partial charge < -0.3 is 10.5 Å². The number of nitrogens with zero attached hydrogens (tertiary/aromatic N) is 1. The number of pyridine rings is 1. The van der Waals surface area contributed by atoms with Crippen molar-refractivity contribution in [2.45, 2.75) is 25.7 Å². The van der Waals surface area contributed by atoms with E-state index in [4.69, 9.17) is 22.1 Å². The van der Waals surface area contributed by atoms with Crippen LogP contribution in [0.25, 0.3) is 0 Å². The summed E-state index contributed by atoms with van der Waals surface area (Å²) in [5.74, 6) is -0.503. The first kappa shape index (κ1) is 14.6. The molecule has 0 atom stereocenters. The van der Waals surface area contributed by atoms with Crippen LogP contribution in [0, 0.1) is 0 Å². The normalized spacial score (nSPS) is 10.7. The van der Waals surface area contributed by atoms with Crippen LogP contribution < -0.4 is 5.73 Å². The molecule has 0 saturated carbocycles. The minimum absolute atomic E-state index is 0.0372. The molecule has 0 amide bonds. The van der Waals surface area contributed by atoms with Gasteiger partial charge in [-0.15, -0.1) is 11.6 Å². The van der Waals surface area contributed by atoms with E-state index in [2.05, 4.69) is 4.98 Å². The van der Waals surface area contributed by atoms with Gasteiger partial charge in [-0.3, -0.25) is 4.79 Å². The van der Waals surface area contributed by atoms with Crippen molar-refractivity contribution in [3.8, 4) is 0 Å². The summed E-state index contributed by atoms with van der Waals surface area (Å²) in [5, 5.41) is 0. The minimum Gasteiger partial charge on any atom is -0.466 e. The van der Waals surface area contributed by atoms with Crippen LogP contribution in [0.4, 0.5) is 14.5 Å². The highest BCUT2D eigenvalue weighted by Crippen LogP contribution is 2.26. The number of alkyl halides is 3. The van der Waals surface area contributed by atoms with Crippen LogP contribution in [0.3, 0.4) is 0 Å². The van der Waals surface area contributed by atoms with Gasteiger partial charge in [-0.1, -0.05) is 0 Å². The molecule has 1 aromatic heterocycles. The maximum absolute atomic E-state index is 12.6. The van der Waals surface area contributed by atoms with Gasteiger partial charge in [0, 0.05) is 5.88 Å². The molecule has 0 aliphatic rings. The van der Waals surface area contributed by atoms with Gasteiger partial charge in [-0.25, -0.2) is 13.8 Å². The monoisotopic (exact) mass is 278 g/mol. The SMILES string of the molecule is CCOC(=O)Cc1nc(C(F)F)c(N)cc1CCl. The molecule has 7 heteroatoms. The van der Waals surface area contributed by atoms with Crippen LogP contribution in [-0.4, -0.2) is 17.6 Å². The van der Waals surface area contributed by atoms with Crippen molar-refractivity contribution in [1.82, 2.24) is 4.98 Å². The van der Waals surface area contributed by atoms with Crippen LogP contribution in [0.15, 0.2) is 6.07 Å². The Bertz CT molecular complexity index is 441. The lowest BCUT2D eigenvalue weighted by atomic mass is 10.1. The molecule has 18 heavy (non-hydrogen) atoms. The number of carbonyl (C=O) groups excluding carboxylic acids is 1. The molecule has 0 saturated heterocycles. The summed E-state index contributed by atoms with van der Waals surface area (Å²) in [4.78, 5) is 15.0. The first-order valence-electron chi connectivity index (χ1n) is 5.27. The lowest BCUT2D eigenvalue weighted by Crippen LogP contribution is -2.13. The highest BCUT2D eigenvalue weighted by atomic mass is 35.5. The molecule has 0 spiro atoms. The molecular formula is C11H13ClF2N2O2. The van der Waals surface area contributed by atoms with Crippen LogP contribution >= 0.6 is 11.6 Å². The third kappa shape index (κ3) is 3.53. The zero-order valence-electron chi connectivity index (χ0n) is 9.75. The molecule has 2 N–H and O–H groups in total. The molecule has 100 valence electrons. The van der Waals surface area contributed by atoms with Crippen molar-refractivity contribution in [1.29, 1.82) is 0 Å². The molecule has 0 fully saturated rings. The molecule has 0 unspecified atom stereocenters. The van der Waals surface area contributed by atoms with E-state index in [-0.39, 0.29) is 30.3 Å². The fraction of sp³-hybridized carbons (Fsp3) is 0.455. The second-order valence-electron chi connectivity index (χ2n) is 3.48. The van der Waals surface area contributed by atoms with Gasteiger partial charge in [0.1, 0.15) is 5.69 Å².